The fourth-order valence-electron chi connectivity index (χ4n) is 1.12. The van der Waals surface area contributed by atoms with Crippen LogP contribution in [0.25, 0.3) is 0 Å². The number of carboxylic acid groups (broad SMARTS) is 1. The third-order valence-electron chi connectivity index (χ3n) is 1.76. The Balaban J connectivity index is 2.45. The van der Waals surface area contributed by atoms with Crippen LogP contribution in [0.3, 0.4) is 0 Å². The third-order valence-corrected chi connectivity index (χ3v) is 3.28. The first-order valence-electron chi connectivity index (χ1n) is 3.61. The molecule has 0 spiro atoms. The highest BCUT2D eigenvalue weighted by molar-refractivity contribution is 8.02. The minimum Gasteiger partial charge on any atom is -0.480 e. The van der Waals surface area contributed by atoms with Gasteiger partial charge >= 0.3 is 11.9 Å². The van der Waals surface area contributed by atoms with Crippen molar-refractivity contribution in [2.45, 2.75) is 23.3 Å². The van der Waals surface area contributed by atoms with Crippen LogP contribution in [0.15, 0.2) is 0 Å². The summed E-state index contributed by atoms with van der Waals surface area (Å²) in [5.41, 5.74) is 0. The van der Waals surface area contributed by atoms with E-state index < -0.39 is 11.2 Å². The maximum absolute atomic E-state index is 10.9. The Morgan fingerprint density at radius 1 is 1.42 bits per heavy atom. The average Bonchev–Trinajstić information content (AvgIpc) is 2.51. The van der Waals surface area contributed by atoms with Crippen LogP contribution in [0.5, 0.6) is 0 Å². The zero-order valence-electron chi connectivity index (χ0n) is 6.65. The van der Waals surface area contributed by atoms with Gasteiger partial charge in [0.1, 0.15) is 10.5 Å². The van der Waals surface area contributed by atoms with Crippen molar-refractivity contribution in [3.05, 3.63) is 0 Å². The van der Waals surface area contributed by atoms with Crippen molar-refractivity contribution in [3.63, 3.8) is 0 Å². The summed E-state index contributed by atoms with van der Waals surface area (Å²) in [5, 5.41) is 7.90. The maximum atomic E-state index is 10.9. The van der Waals surface area contributed by atoms with Gasteiger partial charge in [0.25, 0.3) is 0 Å². The molecule has 4 nitrogen and oxygen atoms in total. The number of carbonyl (C=O) groups excluding carboxylic acids is 1. The highest BCUT2D eigenvalue weighted by Crippen LogP contribution is 2.34. The van der Waals surface area contributed by atoms with Crippen LogP contribution in [0, 0.1) is 0 Å². The Labute approximate surface area is 74.3 Å². The van der Waals surface area contributed by atoms with Gasteiger partial charge in [-0.2, -0.15) is 0 Å². The Morgan fingerprint density at radius 3 is 2.42 bits per heavy atom. The van der Waals surface area contributed by atoms with Crippen LogP contribution < -0.4 is 0 Å². The zero-order valence-corrected chi connectivity index (χ0v) is 7.47. The molecule has 1 aliphatic rings. The van der Waals surface area contributed by atoms with Crippen molar-refractivity contribution in [1.29, 1.82) is 0 Å². The smallest absolute Gasteiger partial charge is 0.318 e. The van der Waals surface area contributed by atoms with Gasteiger partial charge in [0, 0.05) is 0 Å². The fraction of sp³-hybridized carbons (Fsp3) is 0.714. The number of rotatable bonds is 2. The third kappa shape index (κ3) is 1.91. The minimum absolute atomic E-state index is 0.281. The molecule has 1 fully saturated rings. The molecule has 0 aliphatic carbocycles. The molecule has 0 unspecified atom stereocenters. The summed E-state index contributed by atoms with van der Waals surface area (Å²) in [6, 6.07) is 0. The van der Waals surface area contributed by atoms with E-state index in [1.807, 2.05) is 0 Å². The molecule has 1 aliphatic heterocycles. The van der Waals surface area contributed by atoms with Gasteiger partial charge < -0.3 is 9.84 Å². The quantitative estimate of drug-likeness (QED) is 0.643. The summed E-state index contributed by atoms with van der Waals surface area (Å²) in [6.45, 7) is 0. The number of methoxy groups -OCH3 is 1. The molecule has 5 heteroatoms. The van der Waals surface area contributed by atoms with Gasteiger partial charge in [0.15, 0.2) is 0 Å². The van der Waals surface area contributed by atoms with E-state index in [1.54, 1.807) is 0 Å². The lowest BCUT2D eigenvalue weighted by molar-refractivity contribution is -0.140. The molecule has 1 rings (SSSR count). The fourth-order valence-corrected chi connectivity index (χ4v) is 2.39. The topological polar surface area (TPSA) is 63.6 Å². The van der Waals surface area contributed by atoms with Gasteiger partial charge in [-0.05, 0) is 12.8 Å². The van der Waals surface area contributed by atoms with Crippen molar-refractivity contribution in [2.75, 3.05) is 7.11 Å². The summed E-state index contributed by atoms with van der Waals surface area (Å²) < 4.78 is 4.51. The second-order valence-electron chi connectivity index (χ2n) is 2.55. The first-order valence-corrected chi connectivity index (χ1v) is 4.55. The monoisotopic (exact) mass is 190 g/mol. The number of hydrogen-bond donors (Lipinski definition) is 1. The van der Waals surface area contributed by atoms with E-state index in [2.05, 4.69) is 4.74 Å². The lowest BCUT2D eigenvalue weighted by Gasteiger charge is -2.05. The Hall–Kier alpha value is -0.710. The van der Waals surface area contributed by atoms with Gasteiger partial charge in [0.05, 0.1) is 7.11 Å². The zero-order chi connectivity index (χ0) is 9.14. The lowest BCUT2D eigenvalue weighted by Crippen LogP contribution is -2.17. The van der Waals surface area contributed by atoms with Gasteiger partial charge in [-0.1, -0.05) is 0 Å². The Morgan fingerprint density at radius 2 is 2.00 bits per heavy atom. The summed E-state index contributed by atoms with van der Waals surface area (Å²) in [4.78, 5) is 21.4. The van der Waals surface area contributed by atoms with Crippen LogP contribution in [-0.4, -0.2) is 34.7 Å². The minimum atomic E-state index is -0.841. The van der Waals surface area contributed by atoms with E-state index in [4.69, 9.17) is 5.11 Å². The molecule has 0 saturated carbocycles. The van der Waals surface area contributed by atoms with Gasteiger partial charge in [0.2, 0.25) is 0 Å². The number of aliphatic carboxylic acids is 1. The van der Waals surface area contributed by atoms with E-state index in [1.165, 1.54) is 18.9 Å². The van der Waals surface area contributed by atoms with Crippen LogP contribution >= 0.6 is 11.8 Å². The van der Waals surface area contributed by atoms with Crippen molar-refractivity contribution >= 4 is 23.7 Å². The van der Waals surface area contributed by atoms with Crippen LogP contribution in [0.1, 0.15) is 12.8 Å². The SMILES string of the molecule is COC(=O)[C@@H]1CC[C@H](C(=O)O)S1. The maximum Gasteiger partial charge on any atom is 0.318 e. The standard InChI is InChI=1S/C7H10O4S/c1-11-7(10)5-3-2-4(12-5)6(8)9/h4-5H,2-3H2,1H3,(H,8,9)/t4-,5+/m1/s1. The molecule has 12 heavy (non-hydrogen) atoms. The van der Waals surface area contributed by atoms with Crippen LogP contribution in [0.2, 0.25) is 0 Å². The van der Waals surface area contributed by atoms with E-state index in [0.717, 1.165) is 0 Å². The molecule has 0 radical (unpaired) electrons. The van der Waals surface area contributed by atoms with E-state index in [-0.39, 0.29) is 11.2 Å². The molecule has 0 aromatic carbocycles. The van der Waals surface area contributed by atoms with Crippen molar-refractivity contribution in [1.82, 2.24) is 0 Å². The molecule has 2 atom stereocenters. The van der Waals surface area contributed by atoms with E-state index >= 15 is 0 Å². The number of thioether (sulfide) groups is 1. The highest BCUT2D eigenvalue weighted by atomic mass is 32.2. The largest absolute Gasteiger partial charge is 0.480 e. The predicted octanol–water partition coefficient (Wildman–Crippen LogP) is 0.508. The van der Waals surface area contributed by atoms with Gasteiger partial charge in [-0.3, -0.25) is 9.59 Å². The molecule has 0 aromatic rings. The molecular formula is C7H10O4S. The Kier molecular flexibility index (Phi) is 2.97. The van der Waals surface area contributed by atoms with Crippen molar-refractivity contribution in [2.24, 2.45) is 0 Å². The van der Waals surface area contributed by atoms with E-state index in [0.29, 0.717) is 12.8 Å². The van der Waals surface area contributed by atoms with Crippen LogP contribution in [-0.2, 0) is 14.3 Å². The molecule has 68 valence electrons. The Bertz CT molecular complexity index is 204. The molecule has 0 bridgehead atoms. The summed E-state index contributed by atoms with van der Waals surface area (Å²) in [5.74, 6) is -1.16. The summed E-state index contributed by atoms with van der Waals surface area (Å²) >= 11 is 1.18. The number of esters is 1. The van der Waals surface area contributed by atoms with Crippen LogP contribution in [0.4, 0.5) is 0 Å². The average molecular weight is 190 g/mol. The molecule has 1 heterocycles. The molecule has 0 aromatic heterocycles. The van der Waals surface area contributed by atoms with Crippen molar-refractivity contribution < 1.29 is 19.4 Å². The summed E-state index contributed by atoms with van der Waals surface area (Å²) in [6.07, 6.45) is 1.16. The molecule has 1 saturated heterocycles. The second-order valence-corrected chi connectivity index (χ2v) is 3.96. The van der Waals surface area contributed by atoms with Crippen molar-refractivity contribution in [3.8, 4) is 0 Å². The predicted molar refractivity (Wildman–Crippen MR) is 44.1 cm³/mol. The first kappa shape index (κ1) is 9.38. The van der Waals surface area contributed by atoms with E-state index in [9.17, 15) is 9.59 Å². The van der Waals surface area contributed by atoms with Gasteiger partial charge in [-0.15, -0.1) is 11.8 Å². The normalized spacial score (nSPS) is 28.4. The summed E-state index contributed by atoms with van der Waals surface area (Å²) in [7, 11) is 1.32. The molecule has 1 N–H and O–H groups in total. The first-order chi connectivity index (χ1) is 5.65. The molecule has 0 amide bonds. The number of carboxylic acids is 1. The number of ether oxygens (including phenoxy) is 1. The second kappa shape index (κ2) is 3.80. The lowest BCUT2D eigenvalue weighted by atomic mass is 10.2. The molecular weight excluding hydrogens is 180 g/mol. The number of carbonyl (C=O) groups is 2. The number of hydrogen-bond acceptors (Lipinski definition) is 4. The highest BCUT2D eigenvalue weighted by Gasteiger charge is 2.34. The van der Waals surface area contributed by atoms with Gasteiger partial charge in [-0.25, -0.2) is 0 Å².